The Bertz CT molecular complexity index is 1040. The smallest absolute Gasteiger partial charge is 0.255 e. The predicted molar refractivity (Wildman–Crippen MR) is 126 cm³/mol. The first-order valence-electron chi connectivity index (χ1n) is 11.3. The van der Waals surface area contributed by atoms with Gasteiger partial charge in [-0.3, -0.25) is 14.4 Å². The van der Waals surface area contributed by atoms with Gasteiger partial charge in [0, 0.05) is 12.2 Å². The van der Waals surface area contributed by atoms with Gasteiger partial charge in [0.1, 0.15) is 5.75 Å². The highest BCUT2D eigenvalue weighted by Gasteiger charge is 2.25. The molecule has 1 amide bonds. The van der Waals surface area contributed by atoms with Crippen molar-refractivity contribution in [2.45, 2.75) is 39.3 Å². The lowest BCUT2D eigenvalue weighted by molar-refractivity contribution is 0.0936. The number of likely N-dealkylation sites (tertiary alicyclic amines) is 1. The molecule has 1 atom stereocenters. The van der Waals surface area contributed by atoms with Crippen LogP contribution in [0.25, 0.3) is 0 Å². The van der Waals surface area contributed by atoms with E-state index in [1.807, 2.05) is 48.9 Å². The zero-order valence-corrected chi connectivity index (χ0v) is 19.2. The summed E-state index contributed by atoms with van der Waals surface area (Å²) in [4.78, 5) is 15.7. The van der Waals surface area contributed by atoms with Crippen LogP contribution in [0.1, 0.15) is 51.8 Å². The molecular weight excluding hydrogens is 400 g/mol. The van der Waals surface area contributed by atoms with Crippen LogP contribution in [0.5, 0.6) is 5.75 Å². The lowest BCUT2D eigenvalue weighted by Crippen LogP contribution is -2.37. The van der Waals surface area contributed by atoms with Gasteiger partial charge in [0.2, 0.25) is 0 Å². The van der Waals surface area contributed by atoms with E-state index >= 15 is 0 Å². The van der Waals surface area contributed by atoms with Crippen molar-refractivity contribution in [3.05, 3.63) is 82.7 Å². The highest BCUT2D eigenvalue weighted by Crippen LogP contribution is 2.26. The predicted octanol–water partition coefficient (Wildman–Crippen LogP) is 4.12. The molecule has 1 N–H and O–H groups in total. The molecule has 0 bridgehead atoms. The van der Waals surface area contributed by atoms with Gasteiger partial charge in [-0.1, -0.05) is 42.5 Å². The second kappa shape index (κ2) is 10.0. The SMILES string of the molecule is COc1ccc([C@@H](CNC(=O)c2c(C)nn(Cc3ccccc3)c2C)N2CCCC2)cc1. The maximum Gasteiger partial charge on any atom is 0.255 e. The number of aromatic nitrogens is 2. The molecule has 4 rings (SSSR count). The maximum atomic E-state index is 13.2. The second-order valence-electron chi connectivity index (χ2n) is 8.43. The Balaban J connectivity index is 1.49. The number of carbonyl (C=O) groups excluding carboxylic acids is 1. The number of aryl methyl sites for hydroxylation is 1. The maximum absolute atomic E-state index is 13.2. The summed E-state index contributed by atoms with van der Waals surface area (Å²) in [6.07, 6.45) is 2.40. The standard InChI is InChI=1S/C26H32N4O2/c1-19-25(20(2)30(28-19)18-21-9-5-4-6-10-21)26(31)27-17-24(29-15-7-8-16-29)22-11-13-23(32-3)14-12-22/h4-6,9-14,24H,7-8,15-18H2,1-3H3,(H,27,31)/t24-/m1/s1. The number of carbonyl (C=O) groups is 1. The van der Waals surface area contributed by atoms with E-state index in [1.54, 1.807) is 7.11 Å². The van der Waals surface area contributed by atoms with Crippen molar-refractivity contribution >= 4 is 5.91 Å². The number of methoxy groups -OCH3 is 1. The number of ether oxygens (including phenoxy) is 1. The van der Waals surface area contributed by atoms with Gasteiger partial charge in [-0.2, -0.15) is 5.10 Å². The van der Waals surface area contributed by atoms with Gasteiger partial charge in [0.15, 0.2) is 0 Å². The molecule has 0 aliphatic carbocycles. The zero-order valence-electron chi connectivity index (χ0n) is 19.2. The molecule has 1 aromatic heterocycles. The molecule has 6 heteroatoms. The van der Waals surface area contributed by atoms with Crippen LogP contribution in [-0.4, -0.2) is 47.3 Å². The number of benzene rings is 2. The fourth-order valence-electron chi connectivity index (χ4n) is 4.55. The van der Waals surface area contributed by atoms with Crippen LogP contribution in [-0.2, 0) is 6.54 Å². The van der Waals surface area contributed by atoms with Crippen molar-refractivity contribution < 1.29 is 9.53 Å². The quantitative estimate of drug-likeness (QED) is 0.582. The van der Waals surface area contributed by atoms with E-state index in [1.165, 1.54) is 24.0 Å². The summed E-state index contributed by atoms with van der Waals surface area (Å²) in [7, 11) is 1.68. The van der Waals surface area contributed by atoms with Crippen molar-refractivity contribution in [2.24, 2.45) is 0 Å². The minimum atomic E-state index is -0.0583. The first-order valence-corrected chi connectivity index (χ1v) is 11.3. The highest BCUT2D eigenvalue weighted by atomic mass is 16.5. The fraction of sp³-hybridized carbons (Fsp3) is 0.385. The van der Waals surface area contributed by atoms with Crippen LogP contribution < -0.4 is 10.1 Å². The molecule has 2 aromatic carbocycles. The summed E-state index contributed by atoms with van der Waals surface area (Å²) in [5.74, 6) is 0.784. The molecule has 1 aliphatic rings. The van der Waals surface area contributed by atoms with Crippen LogP contribution in [0.4, 0.5) is 0 Å². The Morgan fingerprint density at radius 2 is 1.75 bits per heavy atom. The minimum Gasteiger partial charge on any atom is -0.497 e. The van der Waals surface area contributed by atoms with Crippen molar-refractivity contribution in [1.29, 1.82) is 0 Å². The summed E-state index contributed by atoms with van der Waals surface area (Å²) in [5, 5.41) is 7.84. The van der Waals surface area contributed by atoms with E-state index in [2.05, 4.69) is 39.6 Å². The Morgan fingerprint density at radius 1 is 1.06 bits per heavy atom. The van der Waals surface area contributed by atoms with Crippen molar-refractivity contribution in [2.75, 3.05) is 26.7 Å². The third-order valence-electron chi connectivity index (χ3n) is 6.32. The third kappa shape index (κ3) is 4.86. The van der Waals surface area contributed by atoms with Gasteiger partial charge in [-0.15, -0.1) is 0 Å². The fourth-order valence-corrected chi connectivity index (χ4v) is 4.55. The highest BCUT2D eigenvalue weighted by molar-refractivity contribution is 5.96. The monoisotopic (exact) mass is 432 g/mol. The molecular formula is C26H32N4O2. The normalized spacial score (nSPS) is 15.0. The van der Waals surface area contributed by atoms with Gasteiger partial charge in [-0.05, 0) is 63.0 Å². The van der Waals surface area contributed by atoms with Gasteiger partial charge in [-0.25, -0.2) is 0 Å². The molecule has 1 saturated heterocycles. The zero-order chi connectivity index (χ0) is 22.5. The van der Waals surface area contributed by atoms with E-state index in [-0.39, 0.29) is 11.9 Å². The van der Waals surface area contributed by atoms with Gasteiger partial charge >= 0.3 is 0 Å². The number of rotatable bonds is 8. The molecule has 2 heterocycles. The minimum absolute atomic E-state index is 0.0583. The van der Waals surface area contributed by atoms with Crippen molar-refractivity contribution in [1.82, 2.24) is 20.0 Å². The topological polar surface area (TPSA) is 59.4 Å². The molecule has 1 aliphatic heterocycles. The molecule has 0 unspecified atom stereocenters. The lowest BCUT2D eigenvalue weighted by atomic mass is 10.0. The van der Waals surface area contributed by atoms with Gasteiger partial charge < -0.3 is 10.1 Å². The van der Waals surface area contributed by atoms with Crippen LogP contribution in [0.2, 0.25) is 0 Å². The van der Waals surface area contributed by atoms with Crippen LogP contribution in [0.15, 0.2) is 54.6 Å². The lowest BCUT2D eigenvalue weighted by Gasteiger charge is -2.28. The average Bonchev–Trinajstić information content (AvgIpc) is 3.43. The Labute approximate surface area is 190 Å². The summed E-state index contributed by atoms with van der Waals surface area (Å²) in [6.45, 7) is 7.21. The Morgan fingerprint density at radius 3 is 2.41 bits per heavy atom. The van der Waals surface area contributed by atoms with Gasteiger partial charge in [0.25, 0.3) is 5.91 Å². The molecule has 32 heavy (non-hydrogen) atoms. The van der Waals surface area contributed by atoms with Crippen LogP contribution >= 0.6 is 0 Å². The first kappa shape index (κ1) is 22.1. The van der Waals surface area contributed by atoms with Gasteiger partial charge in [0.05, 0.1) is 31.0 Å². The first-order chi connectivity index (χ1) is 15.6. The summed E-state index contributed by atoms with van der Waals surface area (Å²) in [6, 6.07) is 18.5. The van der Waals surface area contributed by atoms with Crippen molar-refractivity contribution in [3.63, 3.8) is 0 Å². The molecule has 0 radical (unpaired) electrons. The molecule has 0 saturated carbocycles. The number of hydrogen-bond acceptors (Lipinski definition) is 4. The third-order valence-corrected chi connectivity index (χ3v) is 6.32. The molecule has 6 nitrogen and oxygen atoms in total. The van der Waals surface area contributed by atoms with E-state index in [0.29, 0.717) is 18.7 Å². The van der Waals surface area contributed by atoms with E-state index in [0.717, 1.165) is 30.2 Å². The summed E-state index contributed by atoms with van der Waals surface area (Å²) < 4.78 is 7.23. The molecule has 3 aromatic rings. The van der Waals surface area contributed by atoms with Crippen LogP contribution in [0, 0.1) is 13.8 Å². The van der Waals surface area contributed by atoms with Crippen molar-refractivity contribution in [3.8, 4) is 5.75 Å². The average molecular weight is 433 g/mol. The Kier molecular flexibility index (Phi) is 6.90. The number of nitrogens with zero attached hydrogens (tertiary/aromatic N) is 3. The molecule has 168 valence electrons. The number of hydrogen-bond donors (Lipinski definition) is 1. The van der Waals surface area contributed by atoms with E-state index in [9.17, 15) is 4.79 Å². The number of nitrogens with one attached hydrogen (secondary N) is 1. The second-order valence-corrected chi connectivity index (χ2v) is 8.43. The largest absolute Gasteiger partial charge is 0.497 e. The summed E-state index contributed by atoms with van der Waals surface area (Å²) in [5.41, 5.74) is 4.69. The summed E-state index contributed by atoms with van der Waals surface area (Å²) >= 11 is 0. The van der Waals surface area contributed by atoms with E-state index in [4.69, 9.17) is 4.74 Å². The van der Waals surface area contributed by atoms with E-state index < -0.39 is 0 Å². The number of amides is 1. The molecule has 1 fully saturated rings. The molecule has 0 spiro atoms. The Hall–Kier alpha value is -3.12. The van der Waals surface area contributed by atoms with Crippen LogP contribution in [0.3, 0.4) is 0 Å².